The van der Waals surface area contributed by atoms with E-state index in [1.54, 1.807) is 42.6 Å². The fourth-order valence-electron chi connectivity index (χ4n) is 3.83. The van der Waals surface area contributed by atoms with Crippen molar-refractivity contribution in [2.24, 2.45) is 0 Å². The summed E-state index contributed by atoms with van der Waals surface area (Å²) in [5, 5.41) is 11.1. The van der Waals surface area contributed by atoms with Gasteiger partial charge in [0.1, 0.15) is 17.6 Å². The van der Waals surface area contributed by atoms with Crippen molar-refractivity contribution < 1.29 is 19.4 Å². The number of carbonyl (C=O) groups excluding carboxylic acids is 2. The van der Waals surface area contributed by atoms with Gasteiger partial charge in [-0.05, 0) is 55.9 Å². The lowest BCUT2D eigenvalue weighted by molar-refractivity contribution is -0.140. The zero-order valence-corrected chi connectivity index (χ0v) is 19.0. The summed E-state index contributed by atoms with van der Waals surface area (Å²) in [5.74, 6) is -0.822. The van der Waals surface area contributed by atoms with Crippen LogP contribution in [0.2, 0.25) is 0 Å². The number of aromatic nitrogens is 1. The zero-order valence-electron chi connectivity index (χ0n) is 19.0. The molecule has 1 aromatic carbocycles. The van der Waals surface area contributed by atoms with Crippen molar-refractivity contribution in [1.82, 2.24) is 14.8 Å². The van der Waals surface area contributed by atoms with E-state index in [9.17, 15) is 14.7 Å². The van der Waals surface area contributed by atoms with E-state index in [0.29, 0.717) is 36.7 Å². The first-order valence-electron chi connectivity index (χ1n) is 11.2. The van der Waals surface area contributed by atoms with Crippen molar-refractivity contribution in [3.05, 3.63) is 65.5 Å². The lowest BCUT2D eigenvalue weighted by atomic mass is 9.98. The average molecular weight is 438 g/mol. The molecule has 1 N–H and O–H groups in total. The van der Waals surface area contributed by atoms with E-state index < -0.39 is 17.7 Å². The third-order valence-electron chi connectivity index (χ3n) is 5.66. The topological polar surface area (TPSA) is 83.0 Å². The van der Waals surface area contributed by atoms with E-state index in [0.717, 1.165) is 19.5 Å². The van der Waals surface area contributed by atoms with Crippen LogP contribution in [0.25, 0.3) is 5.76 Å². The molecule has 7 nitrogen and oxygen atoms in total. The number of hydrogen-bond acceptors (Lipinski definition) is 6. The highest BCUT2D eigenvalue weighted by Gasteiger charge is 2.46. The summed E-state index contributed by atoms with van der Waals surface area (Å²) in [7, 11) is 0. The van der Waals surface area contributed by atoms with Crippen LogP contribution in [0.4, 0.5) is 0 Å². The number of Topliss-reactive ketones (excluding diaryl/α,β-unsaturated/α-hetero) is 1. The fourth-order valence-corrected chi connectivity index (χ4v) is 3.83. The molecule has 2 aromatic rings. The van der Waals surface area contributed by atoms with Crippen LogP contribution >= 0.6 is 0 Å². The van der Waals surface area contributed by atoms with Gasteiger partial charge in [0.05, 0.1) is 17.9 Å². The van der Waals surface area contributed by atoms with Crippen LogP contribution in [0, 0.1) is 0 Å². The lowest BCUT2D eigenvalue weighted by Crippen LogP contribution is -2.38. The number of amides is 1. The molecule has 1 aliphatic rings. The molecule has 1 saturated heterocycles. The van der Waals surface area contributed by atoms with Crippen LogP contribution in [0.1, 0.15) is 44.5 Å². The van der Waals surface area contributed by atoms with Gasteiger partial charge in [-0.25, -0.2) is 0 Å². The van der Waals surface area contributed by atoms with Crippen LogP contribution in [0.15, 0.2) is 54.2 Å². The number of carbonyl (C=O) groups is 2. The number of ketones is 1. The lowest BCUT2D eigenvalue weighted by Gasteiger charge is -2.27. The van der Waals surface area contributed by atoms with Gasteiger partial charge in [-0.2, -0.15) is 0 Å². The summed E-state index contributed by atoms with van der Waals surface area (Å²) in [6.07, 6.45) is 2.52. The number of ether oxygens (including phenoxy) is 1. The molecule has 7 heteroatoms. The number of aliphatic hydroxyl groups excluding tert-OH is 1. The molecule has 0 saturated carbocycles. The minimum atomic E-state index is -0.734. The van der Waals surface area contributed by atoms with Gasteiger partial charge >= 0.3 is 0 Å². The third-order valence-corrected chi connectivity index (χ3v) is 5.66. The van der Waals surface area contributed by atoms with Crippen molar-refractivity contribution in [3.8, 4) is 5.75 Å². The largest absolute Gasteiger partial charge is 0.507 e. The number of likely N-dealkylation sites (N-methyl/N-ethyl adjacent to an activating group) is 1. The Kier molecular flexibility index (Phi) is 8.00. The first-order valence-corrected chi connectivity index (χ1v) is 11.2. The molecule has 1 unspecified atom stereocenters. The second kappa shape index (κ2) is 10.9. The summed E-state index contributed by atoms with van der Waals surface area (Å²) in [6, 6.07) is 11.5. The van der Waals surface area contributed by atoms with Crippen molar-refractivity contribution in [2.45, 2.75) is 33.2 Å². The molecule has 1 fully saturated rings. The van der Waals surface area contributed by atoms with Gasteiger partial charge < -0.3 is 19.6 Å². The number of likely N-dealkylation sites (tertiary alicyclic amines) is 1. The summed E-state index contributed by atoms with van der Waals surface area (Å²) in [4.78, 5) is 34.1. The van der Waals surface area contributed by atoms with Gasteiger partial charge in [0, 0.05) is 24.8 Å². The molecule has 0 bridgehead atoms. The molecule has 0 radical (unpaired) electrons. The minimum absolute atomic E-state index is 0.0653. The Balaban J connectivity index is 2.00. The monoisotopic (exact) mass is 437 g/mol. The Morgan fingerprint density at radius 2 is 1.81 bits per heavy atom. The van der Waals surface area contributed by atoms with Gasteiger partial charge in [-0.1, -0.05) is 26.8 Å². The number of nitrogens with zero attached hydrogens (tertiary/aromatic N) is 3. The van der Waals surface area contributed by atoms with Gasteiger partial charge in [0.25, 0.3) is 11.7 Å². The molecule has 170 valence electrons. The van der Waals surface area contributed by atoms with Crippen LogP contribution in [0.5, 0.6) is 5.75 Å². The van der Waals surface area contributed by atoms with Crippen LogP contribution < -0.4 is 4.74 Å². The number of aliphatic hydroxyl groups is 1. The highest BCUT2D eigenvalue weighted by molar-refractivity contribution is 6.46. The van der Waals surface area contributed by atoms with E-state index in [2.05, 4.69) is 23.7 Å². The van der Waals surface area contributed by atoms with Crippen LogP contribution in [0.3, 0.4) is 0 Å². The maximum Gasteiger partial charge on any atom is 0.295 e. The second-order valence-corrected chi connectivity index (χ2v) is 7.65. The SMILES string of the molecule is CCCOc1ccc(/C(O)=C2/C(=O)C(=O)N(CCN(CC)CC)C2c2ccccn2)cc1. The number of hydrogen-bond donors (Lipinski definition) is 1. The fraction of sp³-hybridized carbons (Fsp3) is 0.400. The molecule has 0 aliphatic carbocycles. The van der Waals surface area contributed by atoms with Crippen molar-refractivity contribution in [2.75, 3.05) is 32.8 Å². The third kappa shape index (κ3) is 4.99. The van der Waals surface area contributed by atoms with E-state index in [-0.39, 0.29) is 11.3 Å². The minimum Gasteiger partial charge on any atom is -0.507 e. The van der Waals surface area contributed by atoms with Crippen molar-refractivity contribution in [1.29, 1.82) is 0 Å². The molecule has 1 amide bonds. The Morgan fingerprint density at radius 1 is 1.09 bits per heavy atom. The van der Waals surface area contributed by atoms with Gasteiger partial charge in [-0.3, -0.25) is 14.6 Å². The smallest absolute Gasteiger partial charge is 0.295 e. The molecule has 3 rings (SSSR count). The van der Waals surface area contributed by atoms with Gasteiger partial charge in [0.2, 0.25) is 0 Å². The number of rotatable bonds is 10. The average Bonchev–Trinajstić information content (AvgIpc) is 3.08. The van der Waals surface area contributed by atoms with E-state index in [4.69, 9.17) is 4.74 Å². The molecule has 1 aliphatic heterocycles. The predicted octanol–water partition coefficient (Wildman–Crippen LogP) is 3.63. The normalized spacial score (nSPS) is 17.9. The molecule has 1 aromatic heterocycles. The van der Waals surface area contributed by atoms with Gasteiger partial charge in [0.15, 0.2) is 0 Å². The second-order valence-electron chi connectivity index (χ2n) is 7.65. The Labute approximate surface area is 189 Å². The molecule has 0 spiro atoms. The zero-order chi connectivity index (χ0) is 23.1. The first-order chi connectivity index (χ1) is 15.5. The highest BCUT2D eigenvalue weighted by Crippen LogP contribution is 2.38. The predicted molar refractivity (Wildman–Crippen MR) is 123 cm³/mol. The molecule has 32 heavy (non-hydrogen) atoms. The van der Waals surface area contributed by atoms with Crippen LogP contribution in [-0.2, 0) is 9.59 Å². The van der Waals surface area contributed by atoms with Gasteiger partial charge in [-0.15, -0.1) is 0 Å². The molecular formula is C25H31N3O4. The number of benzene rings is 1. The summed E-state index contributed by atoms with van der Waals surface area (Å²) < 4.78 is 5.59. The Morgan fingerprint density at radius 3 is 2.41 bits per heavy atom. The molecule has 2 heterocycles. The summed E-state index contributed by atoms with van der Waals surface area (Å²) >= 11 is 0. The molecule has 1 atom stereocenters. The number of pyridine rings is 1. The quantitative estimate of drug-likeness (QED) is 0.347. The summed E-state index contributed by atoms with van der Waals surface area (Å²) in [6.45, 7) is 9.44. The van der Waals surface area contributed by atoms with Crippen molar-refractivity contribution >= 4 is 17.4 Å². The van der Waals surface area contributed by atoms with Crippen LogP contribution in [-0.4, -0.2) is 64.4 Å². The summed E-state index contributed by atoms with van der Waals surface area (Å²) in [5.41, 5.74) is 1.07. The maximum atomic E-state index is 13.0. The highest BCUT2D eigenvalue weighted by atomic mass is 16.5. The maximum absolute atomic E-state index is 13.0. The first kappa shape index (κ1) is 23.5. The van der Waals surface area contributed by atoms with E-state index >= 15 is 0 Å². The Hall–Kier alpha value is -3.19. The Bertz CT molecular complexity index is 953. The van der Waals surface area contributed by atoms with Crippen molar-refractivity contribution in [3.63, 3.8) is 0 Å². The van der Waals surface area contributed by atoms with E-state index in [1.165, 1.54) is 4.90 Å². The standard InChI is InChI=1S/C25H31N3O4/c1-4-17-32-19-12-10-18(11-13-19)23(29)21-22(20-9-7-8-14-26-20)28(25(31)24(21)30)16-15-27(5-2)6-3/h7-14,22,29H,4-6,15-17H2,1-3H3/b23-21-. The molecular weight excluding hydrogens is 406 g/mol. The van der Waals surface area contributed by atoms with E-state index in [1.807, 2.05) is 13.0 Å².